The Bertz CT molecular complexity index is 1300. The Morgan fingerprint density at radius 3 is 2.35 bits per heavy atom. The maximum Gasteiger partial charge on any atom is 0.291 e. The van der Waals surface area contributed by atoms with Crippen LogP contribution < -0.4 is 10.7 Å². The van der Waals surface area contributed by atoms with E-state index in [4.69, 9.17) is 4.42 Å². The number of amides is 1. The summed E-state index contributed by atoms with van der Waals surface area (Å²) >= 11 is 0. The maximum absolute atomic E-state index is 12.7. The van der Waals surface area contributed by atoms with Gasteiger partial charge in [-0.1, -0.05) is 12.5 Å². The van der Waals surface area contributed by atoms with Gasteiger partial charge in [-0.3, -0.25) is 9.59 Å². The van der Waals surface area contributed by atoms with Crippen LogP contribution in [-0.2, 0) is 10.0 Å². The van der Waals surface area contributed by atoms with E-state index in [0.717, 1.165) is 30.4 Å². The summed E-state index contributed by atoms with van der Waals surface area (Å²) in [4.78, 5) is 25.3. The Morgan fingerprint density at radius 2 is 1.68 bits per heavy atom. The SMILES string of the molecule is Cc1cc(C)c2c(=O)cc(C(=O)Nc3ccc(S(=O)(=O)N4CCCCC4)cc3)oc2c1. The molecular weight excluding hydrogens is 416 g/mol. The van der Waals surface area contributed by atoms with Crippen molar-refractivity contribution in [2.45, 2.75) is 38.0 Å². The van der Waals surface area contributed by atoms with E-state index in [0.29, 0.717) is 29.7 Å². The quantitative estimate of drug-likeness (QED) is 0.665. The number of benzene rings is 2. The van der Waals surface area contributed by atoms with E-state index in [9.17, 15) is 18.0 Å². The minimum atomic E-state index is -3.54. The molecule has 0 atom stereocenters. The molecule has 31 heavy (non-hydrogen) atoms. The average Bonchev–Trinajstić information content (AvgIpc) is 2.74. The lowest BCUT2D eigenvalue weighted by Crippen LogP contribution is -2.35. The molecule has 1 aromatic heterocycles. The summed E-state index contributed by atoms with van der Waals surface area (Å²) in [6.45, 7) is 4.77. The Labute approximate surface area is 180 Å². The van der Waals surface area contributed by atoms with E-state index in [2.05, 4.69) is 5.32 Å². The van der Waals surface area contributed by atoms with Crippen LogP contribution in [0.5, 0.6) is 0 Å². The first-order valence-electron chi connectivity index (χ1n) is 10.2. The molecule has 0 unspecified atom stereocenters. The van der Waals surface area contributed by atoms with Crippen LogP contribution in [0.4, 0.5) is 5.69 Å². The van der Waals surface area contributed by atoms with E-state index in [1.54, 1.807) is 6.07 Å². The highest BCUT2D eigenvalue weighted by Gasteiger charge is 2.25. The second-order valence-electron chi connectivity index (χ2n) is 7.87. The zero-order chi connectivity index (χ0) is 22.2. The van der Waals surface area contributed by atoms with Crippen molar-refractivity contribution in [3.63, 3.8) is 0 Å². The molecule has 4 rings (SSSR count). The lowest BCUT2D eigenvalue weighted by atomic mass is 10.1. The molecule has 3 aromatic rings. The van der Waals surface area contributed by atoms with E-state index in [1.807, 2.05) is 19.9 Å². The van der Waals surface area contributed by atoms with Crippen molar-refractivity contribution >= 4 is 32.6 Å². The average molecular weight is 441 g/mol. The van der Waals surface area contributed by atoms with Gasteiger partial charge in [0.25, 0.3) is 5.91 Å². The third-order valence-electron chi connectivity index (χ3n) is 5.46. The molecule has 0 bridgehead atoms. The van der Waals surface area contributed by atoms with Crippen LogP contribution in [0.25, 0.3) is 11.0 Å². The lowest BCUT2D eigenvalue weighted by Gasteiger charge is -2.25. The van der Waals surface area contributed by atoms with Gasteiger partial charge >= 0.3 is 0 Å². The minimum absolute atomic E-state index is 0.104. The summed E-state index contributed by atoms with van der Waals surface area (Å²) in [5.41, 5.74) is 2.20. The molecule has 0 aliphatic carbocycles. The number of nitrogens with one attached hydrogen (secondary N) is 1. The molecule has 7 nitrogen and oxygen atoms in total. The molecule has 1 N–H and O–H groups in total. The standard InChI is InChI=1S/C23H24N2O5S/c1-15-12-16(2)22-19(26)14-21(30-20(22)13-15)23(27)24-17-6-8-18(9-7-17)31(28,29)25-10-4-3-5-11-25/h6-9,12-14H,3-5,10-11H2,1-2H3,(H,24,27). The molecule has 1 amide bonds. The fourth-order valence-corrected chi connectivity index (χ4v) is 5.45. The van der Waals surface area contributed by atoms with Gasteiger partial charge in [0, 0.05) is 24.8 Å². The highest BCUT2D eigenvalue weighted by Crippen LogP contribution is 2.23. The van der Waals surface area contributed by atoms with Gasteiger partial charge in [-0.25, -0.2) is 8.42 Å². The first kappa shape index (κ1) is 21.3. The summed E-state index contributed by atoms with van der Waals surface area (Å²) in [7, 11) is -3.54. The van der Waals surface area contributed by atoms with Crippen molar-refractivity contribution in [2.24, 2.45) is 0 Å². The molecule has 0 radical (unpaired) electrons. The summed E-state index contributed by atoms with van der Waals surface area (Å²) < 4.78 is 32.7. The van der Waals surface area contributed by atoms with Gasteiger partial charge in [0.2, 0.25) is 10.0 Å². The topological polar surface area (TPSA) is 96.7 Å². The van der Waals surface area contributed by atoms with Crippen LogP contribution in [0.15, 0.2) is 56.6 Å². The molecule has 2 heterocycles. The van der Waals surface area contributed by atoms with Gasteiger partial charge in [0.05, 0.1) is 10.3 Å². The monoisotopic (exact) mass is 440 g/mol. The number of nitrogens with zero attached hydrogens (tertiary/aromatic N) is 1. The van der Waals surface area contributed by atoms with Crippen LogP contribution in [0, 0.1) is 13.8 Å². The van der Waals surface area contributed by atoms with Crippen molar-refractivity contribution < 1.29 is 17.6 Å². The van der Waals surface area contributed by atoms with Gasteiger partial charge in [-0.15, -0.1) is 0 Å². The van der Waals surface area contributed by atoms with Crippen molar-refractivity contribution in [1.82, 2.24) is 4.31 Å². The van der Waals surface area contributed by atoms with Crippen LogP contribution >= 0.6 is 0 Å². The molecule has 1 fully saturated rings. The molecule has 1 aliphatic rings. The van der Waals surface area contributed by atoms with E-state index in [1.165, 1.54) is 34.6 Å². The fourth-order valence-electron chi connectivity index (χ4n) is 3.93. The van der Waals surface area contributed by atoms with Crippen molar-refractivity contribution in [2.75, 3.05) is 18.4 Å². The second kappa shape index (κ2) is 8.28. The van der Waals surface area contributed by atoms with E-state index >= 15 is 0 Å². The first-order valence-corrected chi connectivity index (χ1v) is 11.7. The molecule has 8 heteroatoms. The van der Waals surface area contributed by atoms with Gasteiger partial charge in [0.15, 0.2) is 11.2 Å². The van der Waals surface area contributed by atoms with Gasteiger partial charge in [0.1, 0.15) is 5.58 Å². The summed E-state index contributed by atoms with van der Waals surface area (Å²) in [5, 5.41) is 3.11. The molecule has 2 aromatic carbocycles. The van der Waals surface area contributed by atoms with Gasteiger partial charge < -0.3 is 9.73 Å². The number of aryl methyl sites for hydroxylation is 2. The Morgan fingerprint density at radius 1 is 1.00 bits per heavy atom. The van der Waals surface area contributed by atoms with Gasteiger partial charge in [-0.05, 0) is 68.1 Å². The third kappa shape index (κ3) is 4.26. The molecule has 0 spiro atoms. The number of piperidine rings is 1. The number of rotatable bonds is 4. The number of anilines is 1. The number of sulfonamides is 1. The summed E-state index contributed by atoms with van der Waals surface area (Å²) in [6.07, 6.45) is 2.77. The highest BCUT2D eigenvalue weighted by molar-refractivity contribution is 7.89. The van der Waals surface area contributed by atoms with Crippen LogP contribution in [0.1, 0.15) is 40.9 Å². The predicted molar refractivity (Wildman–Crippen MR) is 119 cm³/mol. The fraction of sp³-hybridized carbons (Fsp3) is 0.304. The molecule has 0 saturated carbocycles. The number of carbonyl (C=O) groups excluding carboxylic acids is 1. The van der Waals surface area contributed by atoms with Crippen molar-refractivity contribution in [3.05, 3.63) is 69.6 Å². The summed E-state index contributed by atoms with van der Waals surface area (Å²) in [5.74, 6) is -0.683. The maximum atomic E-state index is 12.7. The number of carbonyl (C=O) groups is 1. The Kier molecular flexibility index (Phi) is 5.68. The van der Waals surface area contributed by atoms with Crippen molar-refractivity contribution in [1.29, 1.82) is 0 Å². The van der Waals surface area contributed by atoms with Crippen LogP contribution in [0.2, 0.25) is 0 Å². The summed E-state index contributed by atoms with van der Waals surface area (Å²) in [6, 6.07) is 10.8. The molecular formula is C23H24N2O5S. The van der Waals surface area contributed by atoms with Crippen molar-refractivity contribution in [3.8, 4) is 0 Å². The lowest BCUT2D eigenvalue weighted by molar-refractivity contribution is 0.0997. The minimum Gasteiger partial charge on any atom is -0.451 e. The number of hydrogen-bond donors (Lipinski definition) is 1. The number of fused-ring (bicyclic) bond motifs is 1. The smallest absolute Gasteiger partial charge is 0.291 e. The zero-order valence-corrected chi connectivity index (χ0v) is 18.3. The normalized spacial score (nSPS) is 15.2. The number of hydrogen-bond acceptors (Lipinski definition) is 5. The Balaban J connectivity index is 1.56. The molecule has 162 valence electrons. The van der Waals surface area contributed by atoms with E-state index in [-0.39, 0.29) is 16.1 Å². The molecule has 1 saturated heterocycles. The van der Waals surface area contributed by atoms with Gasteiger partial charge in [-0.2, -0.15) is 4.31 Å². The van der Waals surface area contributed by atoms with Crippen LogP contribution in [-0.4, -0.2) is 31.7 Å². The zero-order valence-electron chi connectivity index (χ0n) is 17.5. The second-order valence-corrected chi connectivity index (χ2v) is 9.81. The first-order chi connectivity index (χ1) is 14.8. The third-order valence-corrected chi connectivity index (χ3v) is 7.37. The molecule has 1 aliphatic heterocycles. The van der Waals surface area contributed by atoms with Crippen LogP contribution in [0.3, 0.4) is 0 Å². The highest BCUT2D eigenvalue weighted by atomic mass is 32.2. The predicted octanol–water partition coefficient (Wildman–Crippen LogP) is 3.84. The van der Waals surface area contributed by atoms with E-state index < -0.39 is 15.9 Å². The largest absolute Gasteiger partial charge is 0.451 e. The Hall–Kier alpha value is -2.97.